The summed E-state index contributed by atoms with van der Waals surface area (Å²) in [5, 5.41) is 21.1. The number of fused-ring (bicyclic) bond motifs is 2. The van der Waals surface area contributed by atoms with Crippen LogP contribution in [0.5, 0.6) is 0 Å². The van der Waals surface area contributed by atoms with E-state index in [0.29, 0.717) is 33.6 Å². The summed E-state index contributed by atoms with van der Waals surface area (Å²) in [6.07, 6.45) is 3.39. The number of hydrogen-bond donors (Lipinski definition) is 2. The van der Waals surface area contributed by atoms with Crippen molar-refractivity contribution in [3.05, 3.63) is 94.0 Å². The van der Waals surface area contributed by atoms with E-state index >= 15 is 0 Å². The Labute approximate surface area is 188 Å². The Morgan fingerprint density at radius 2 is 1.97 bits per heavy atom. The van der Waals surface area contributed by atoms with Gasteiger partial charge in [0.2, 0.25) is 0 Å². The van der Waals surface area contributed by atoms with Gasteiger partial charge in [-0.2, -0.15) is 0 Å². The van der Waals surface area contributed by atoms with Crippen molar-refractivity contribution in [1.29, 1.82) is 0 Å². The molecule has 3 heterocycles. The normalized spacial score (nSPS) is 12.2. The van der Waals surface area contributed by atoms with Crippen molar-refractivity contribution in [2.75, 3.05) is 5.32 Å². The molecular formula is C25H20N4O4. The zero-order valence-electron chi connectivity index (χ0n) is 17.9. The Morgan fingerprint density at radius 1 is 1.15 bits per heavy atom. The van der Waals surface area contributed by atoms with E-state index in [-0.39, 0.29) is 17.0 Å². The van der Waals surface area contributed by atoms with E-state index in [0.717, 1.165) is 11.1 Å². The average molecular weight is 440 g/mol. The molecule has 8 nitrogen and oxygen atoms in total. The van der Waals surface area contributed by atoms with Gasteiger partial charge in [0.15, 0.2) is 11.1 Å². The van der Waals surface area contributed by atoms with Crippen LogP contribution in [0.25, 0.3) is 27.9 Å². The third-order valence-electron chi connectivity index (χ3n) is 5.57. The molecule has 0 aliphatic carbocycles. The Hall–Kier alpha value is -4.46. The van der Waals surface area contributed by atoms with Gasteiger partial charge in [0, 0.05) is 29.1 Å². The third kappa shape index (κ3) is 3.71. The van der Waals surface area contributed by atoms with Gasteiger partial charge in [-0.15, -0.1) is 10.2 Å². The molecule has 5 rings (SSSR count). The van der Waals surface area contributed by atoms with Gasteiger partial charge in [-0.25, -0.2) is 4.79 Å². The molecular weight excluding hydrogens is 420 g/mol. The minimum Gasteiger partial charge on any atom is -0.478 e. The summed E-state index contributed by atoms with van der Waals surface area (Å²) < 4.78 is 8.02. The van der Waals surface area contributed by atoms with Crippen molar-refractivity contribution in [2.45, 2.75) is 19.9 Å². The first-order valence-corrected chi connectivity index (χ1v) is 10.4. The van der Waals surface area contributed by atoms with Crippen molar-refractivity contribution in [3.63, 3.8) is 0 Å². The smallest absolute Gasteiger partial charge is 0.337 e. The van der Waals surface area contributed by atoms with Gasteiger partial charge < -0.3 is 14.8 Å². The number of benzene rings is 2. The first-order chi connectivity index (χ1) is 15.9. The van der Waals surface area contributed by atoms with Gasteiger partial charge in [0.1, 0.15) is 17.7 Å². The standard InChI is InChI=1S/C25H20N4O4/c1-14-9-18(15(2)27-20-6-4-3-5-17(20)25(31)32)24-19(10-14)21(30)11-22(33-24)16-7-8-23-28-26-13-29(23)12-16/h3-13,15,27H,1-2H3,(H,31,32). The largest absolute Gasteiger partial charge is 0.478 e. The van der Waals surface area contributed by atoms with Gasteiger partial charge in [0.25, 0.3) is 0 Å². The van der Waals surface area contributed by atoms with Crippen LogP contribution in [0.4, 0.5) is 5.69 Å². The number of anilines is 1. The van der Waals surface area contributed by atoms with Crippen LogP contribution >= 0.6 is 0 Å². The lowest BCUT2D eigenvalue weighted by Crippen LogP contribution is -2.12. The number of aryl methyl sites for hydroxylation is 1. The molecule has 164 valence electrons. The van der Waals surface area contributed by atoms with Crippen molar-refractivity contribution < 1.29 is 14.3 Å². The number of aromatic nitrogens is 3. The molecule has 2 aromatic carbocycles. The van der Waals surface area contributed by atoms with E-state index in [4.69, 9.17) is 4.42 Å². The number of aromatic carboxylic acids is 1. The SMILES string of the molecule is Cc1cc(C(C)Nc2ccccc2C(=O)O)c2oc(-c3ccc4nncn4c3)cc(=O)c2c1. The molecule has 0 fully saturated rings. The summed E-state index contributed by atoms with van der Waals surface area (Å²) in [6.45, 7) is 3.82. The number of pyridine rings is 1. The van der Waals surface area contributed by atoms with Crippen molar-refractivity contribution in [1.82, 2.24) is 14.6 Å². The number of carboxylic acid groups (broad SMARTS) is 1. The van der Waals surface area contributed by atoms with E-state index in [1.165, 1.54) is 6.07 Å². The van der Waals surface area contributed by atoms with Crippen LogP contribution in [0.3, 0.4) is 0 Å². The average Bonchev–Trinajstić information content (AvgIpc) is 3.27. The Kier molecular flexibility index (Phi) is 4.90. The summed E-state index contributed by atoms with van der Waals surface area (Å²) in [5.74, 6) is -0.594. The molecule has 0 aliphatic heterocycles. The topological polar surface area (TPSA) is 110 Å². The highest BCUT2D eigenvalue weighted by Crippen LogP contribution is 2.31. The van der Waals surface area contributed by atoms with Crippen LogP contribution in [0.2, 0.25) is 0 Å². The highest BCUT2D eigenvalue weighted by molar-refractivity contribution is 5.94. The van der Waals surface area contributed by atoms with Crippen molar-refractivity contribution in [2.24, 2.45) is 0 Å². The summed E-state index contributed by atoms with van der Waals surface area (Å²) in [5.41, 5.74) is 4.03. The number of carboxylic acids is 1. The highest BCUT2D eigenvalue weighted by Gasteiger charge is 2.18. The predicted molar refractivity (Wildman–Crippen MR) is 125 cm³/mol. The monoisotopic (exact) mass is 440 g/mol. The lowest BCUT2D eigenvalue weighted by atomic mass is 10.00. The van der Waals surface area contributed by atoms with Gasteiger partial charge in [-0.1, -0.05) is 18.2 Å². The van der Waals surface area contributed by atoms with E-state index in [9.17, 15) is 14.7 Å². The second kappa shape index (κ2) is 7.90. The van der Waals surface area contributed by atoms with E-state index in [2.05, 4.69) is 15.5 Å². The maximum atomic E-state index is 13.0. The Bertz CT molecular complexity index is 1590. The molecule has 5 aromatic rings. The van der Waals surface area contributed by atoms with E-state index in [1.54, 1.807) is 53.3 Å². The predicted octanol–water partition coefficient (Wildman–Crippen LogP) is 4.68. The van der Waals surface area contributed by atoms with Crippen molar-refractivity contribution >= 4 is 28.3 Å². The first-order valence-electron chi connectivity index (χ1n) is 10.4. The molecule has 0 amide bonds. The van der Waals surface area contributed by atoms with Crippen LogP contribution in [0, 0.1) is 6.92 Å². The van der Waals surface area contributed by atoms with Crippen LogP contribution in [-0.4, -0.2) is 25.7 Å². The molecule has 1 atom stereocenters. The Morgan fingerprint density at radius 3 is 2.79 bits per heavy atom. The van der Waals surface area contributed by atoms with Crippen LogP contribution < -0.4 is 10.7 Å². The van der Waals surface area contributed by atoms with Crippen LogP contribution in [0.1, 0.15) is 34.5 Å². The maximum absolute atomic E-state index is 13.0. The maximum Gasteiger partial charge on any atom is 0.337 e. The summed E-state index contributed by atoms with van der Waals surface area (Å²) in [4.78, 5) is 24.6. The molecule has 3 aromatic heterocycles. The number of carbonyl (C=O) groups is 1. The van der Waals surface area contributed by atoms with Gasteiger partial charge in [-0.05, 0) is 49.7 Å². The quantitative estimate of drug-likeness (QED) is 0.408. The molecule has 2 N–H and O–H groups in total. The number of rotatable bonds is 5. The fourth-order valence-corrected chi connectivity index (χ4v) is 3.98. The zero-order chi connectivity index (χ0) is 23.1. The molecule has 8 heteroatoms. The van der Waals surface area contributed by atoms with Gasteiger partial charge in [-0.3, -0.25) is 9.20 Å². The number of nitrogens with zero attached hydrogens (tertiary/aromatic N) is 3. The molecule has 0 saturated heterocycles. The lowest BCUT2D eigenvalue weighted by Gasteiger charge is -2.19. The Balaban J connectivity index is 1.64. The second-order valence-corrected chi connectivity index (χ2v) is 7.94. The number of hydrogen-bond acceptors (Lipinski definition) is 6. The summed E-state index contributed by atoms with van der Waals surface area (Å²) >= 11 is 0. The molecule has 1 unspecified atom stereocenters. The third-order valence-corrected chi connectivity index (χ3v) is 5.57. The summed E-state index contributed by atoms with van der Waals surface area (Å²) in [6, 6.07) is 15.2. The lowest BCUT2D eigenvalue weighted by molar-refractivity contribution is 0.0698. The van der Waals surface area contributed by atoms with Crippen LogP contribution in [0.15, 0.2) is 76.3 Å². The molecule has 0 saturated carbocycles. The van der Waals surface area contributed by atoms with E-state index in [1.807, 2.05) is 26.0 Å². The first kappa shape index (κ1) is 20.4. The minimum atomic E-state index is -1.02. The molecule has 0 aliphatic rings. The number of para-hydroxylation sites is 1. The fourth-order valence-electron chi connectivity index (χ4n) is 3.98. The fraction of sp³-hybridized carbons (Fsp3) is 0.120. The van der Waals surface area contributed by atoms with Crippen LogP contribution in [-0.2, 0) is 0 Å². The molecule has 0 bridgehead atoms. The highest BCUT2D eigenvalue weighted by atomic mass is 16.4. The molecule has 0 spiro atoms. The van der Waals surface area contributed by atoms with Crippen molar-refractivity contribution in [3.8, 4) is 11.3 Å². The second-order valence-electron chi connectivity index (χ2n) is 7.94. The van der Waals surface area contributed by atoms with Gasteiger partial charge in [0.05, 0.1) is 17.0 Å². The van der Waals surface area contributed by atoms with E-state index < -0.39 is 5.97 Å². The molecule has 33 heavy (non-hydrogen) atoms. The summed E-state index contributed by atoms with van der Waals surface area (Å²) in [7, 11) is 0. The number of nitrogens with one attached hydrogen (secondary N) is 1. The minimum absolute atomic E-state index is 0.154. The van der Waals surface area contributed by atoms with Gasteiger partial charge >= 0.3 is 5.97 Å². The zero-order valence-corrected chi connectivity index (χ0v) is 17.9. The molecule has 0 radical (unpaired) electrons.